The van der Waals surface area contributed by atoms with Crippen molar-refractivity contribution in [3.8, 4) is 11.5 Å². The second kappa shape index (κ2) is 11.9. The van der Waals surface area contributed by atoms with E-state index in [0.29, 0.717) is 11.1 Å². The number of hydrogen-bond donors (Lipinski definition) is 0. The van der Waals surface area contributed by atoms with E-state index in [1.54, 1.807) is 76.6 Å². The molecule has 4 heteroatoms. The van der Waals surface area contributed by atoms with E-state index in [1.807, 2.05) is 13.8 Å². The fraction of sp³-hybridized carbons (Fsp3) is 0.300. The summed E-state index contributed by atoms with van der Waals surface area (Å²) in [4.78, 5) is 21.6. The van der Waals surface area contributed by atoms with Crippen LogP contribution < -0.4 is 9.47 Å². The number of carbonyl (C=O) groups is 2. The summed E-state index contributed by atoms with van der Waals surface area (Å²) in [6, 6.07) is 14.1. The van der Waals surface area contributed by atoms with E-state index >= 15 is 0 Å². The summed E-state index contributed by atoms with van der Waals surface area (Å²) in [5.74, 6) is 1.70. The van der Waals surface area contributed by atoms with E-state index in [-0.39, 0.29) is 11.6 Å². The monoisotopic (exact) mass is 330 g/mol. The number of Topliss-reactive ketones (excluding diaryl/α,β-unsaturated/α-hetero) is 2. The van der Waals surface area contributed by atoms with Gasteiger partial charge in [0.2, 0.25) is 0 Å². The first-order chi connectivity index (χ1) is 11.5. The molecule has 0 unspecified atom stereocenters. The van der Waals surface area contributed by atoms with E-state index < -0.39 is 0 Å². The Kier molecular flexibility index (Phi) is 10.6. The number of ketones is 2. The van der Waals surface area contributed by atoms with Crippen LogP contribution in [0.4, 0.5) is 0 Å². The van der Waals surface area contributed by atoms with Crippen LogP contribution in [0, 0.1) is 0 Å². The van der Waals surface area contributed by atoms with Crippen molar-refractivity contribution in [2.75, 3.05) is 14.2 Å². The van der Waals surface area contributed by atoms with Gasteiger partial charge < -0.3 is 9.47 Å². The van der Waals surface area contributed by atoms with Crippen molar-refractivity contribution < 1.29 is 19.1 Å². The Balaban J connectivity index is 0.000000400. The van der Waals surface area contributed by atoms with Crippen LogP contribution in [0.25, 0.3) is 0 Å². The maximum atomic E-state index is 10.8. The Morgan fingerprint density at radius 2 is 0.875 bits per heavy atom. The fourth-order valence-electron chi connectivity index (χ4n) is 1.65. The van der Waals surface area contributed by atoms with Crippen molar-refractivity contribution in [2.24, 2.45) is 0 Å². The predicted molar refractivity (Wildman–Crippen MR) is 97.3 cm³/mol. The molecular formula is C20H26O4. The number of ether oxygens (including phenoxy) is 2. The molecule has 0 radical (unpaired) electrons. The SMILES string of the molecule is CC.COc1ccc(C(C)=O)cc1.COc1ccc(C(C)=O)cc1. The summed E-state index contributed by atoms with van der Waals surface area (Å²) in [5.41, 5.74) is 1.43. The Labute approximate surface area is 144 Å². The Bertz CT molecular complexity index is 556. The predicted octanol–water partition coefficient (Wildman–Crippen LogP) is 4.82. The lowest BCUT2D eigenvalue weighted by molar-refractivity contribution is 0.100. The van der Waals surface area contributed by atoms with E-state index in [4.69, 9.17) is 9.47 Å². The molecule has 0 saturated carbocycles. The second-order valence-electron chi connectivity index (χ2n) is 4.57. The van der Waals surface area contributed by atoms with Crippen LogP contribution in [0.1, 0.15) is 48.4 Å². The molecule has 0 aliphatic rings. The summed E-state index contributed by atoms with van der Waals surface area (Å²) in [6.07, 6.45) is 0. The average molecular weight is 330 g/mol. The van der Waals surface area contributed by atoms with Gasteiger partial charge in [0.05, 0.1) is 14.2 Å². The van der Waals surface area contributed by atoms with E-state index in [1.165, 1.54) is 0 Å². The molecule has 130 valence electrons. The summed E-state index contributed by atoms with van der Waals surface area (Å²) in [5, 5.41) is 0. The lowest BCUT2D eigenvalue weighted by Gasteiger charge is -1.98. The summed E-state index contributed by atoms with van der Waals surface area (Å²) >= 11 is 0. The van der Waals surface area contributed by atoms with Gasteiger partial charge in [0, 0.05) is 11.1 Å². The molecule has 24 heavy (non-hydrogen) atoms. The molecule has 2 aromatic rings. The largest absolute Gasteiger partial charge is 0.497 e. The van der Waals surface area contributed by atoms with Gasteiger partial charge in [-0.25, -0.2) is 0 Å². The lowest BCUT2D eigenvalue weighted by atomic mass is 10.1. The number of methoxy groups -OCH3 is 2. The highest BCUT2D eigenvalue weighted by atomic mass is 16.5. The van der Waals surface area contributed by atoms with Crippen molar-refractivity contribution in [1.82, 2.24) is 0 Å². The van der Waals surface area contributed by atoms with Gasteiger partial charge in [0.25, 0.3) is 0 Å². The third kappa shape index (κ3) is 7.58. The second-order valence-corrected chi connectivity index (χ2v) is 4.57. The smallest absolute Gasteiger partial charge is 0.159 e. The zero-order valence-electron chi connectivity index (χ0n) is 15.3. The minimum absolute atomic E-state index is 0.0765. The van der Waals surface area contributed by atoms with Gasteiger partial charge in [-0.3, -0.25) is 9.59 Å². The first-order valence-electron chi connectivity index (χ1n) is 7.78. The minimum atomic E-state index is 0.0765. The lowest BCUT2D eigenvalue weighted by Crippen LogP contribution is -1.91. The molecule has 2 rings (SSSR count). The molecule has 0 fully saturated rings. The van der Waals surface area contributed by atoms with Gasteiger partial charge in [-0.2, -0.15) is 0 Å². The first-order valence-corrected chi connectivity index (χ1v) is 7.78. The van der Waals surface area contributed by atoms with Crippen molar-refractivity contribution >= 4 is 11.6 Å². The molecule has 0 atom stereocenters. The van der Waals surface area contributed by atoms with Crippen LogP contribution in [0.15, 0.2) is 48.5 Å². The third-order valence-corrected chi connectivity index (χ3v) is 2.99. The van der Waals surface area contributed by atoms with Gasteiger partial charge in [-0.1, -0.05) is 13.8 Å². The highest BCUT2D eigenvalue weighted by Crippen LogP contribution is 2.11. The molecule has 0 heterocycles. The topological polar surface area (TPSA) is 52.6 Å². The number of benzene rings is 2. The molecule has 2 aromatic carbocycles. The third-order valence-electron chi connectivity index (χ3n) is 2.99. The van der Waals surface area contributed by atoms with Gasteiger partial charge in [-0.05, 0) is 62.4 Å². The van der Waals surface area contributed by atoms with Gasteiger partial charge in [0.1, 0.15) is 11.5 Å². The Morgan fingerprint density at radius 3 is 1.04 bits per heavy atom. The normalized spacial score (nSPS) is 8.75. The Hall–Kier alpha value is -2.62. The van der Waals surface area contributed by atoms with Crippen molar-refractivity contribution in [3.05, 3.63) is 59.7 Å². The fourth-order valence-corrected chi connectivity index (χ4v) is 1.65. The van der Waals surface area contributed by atoms with Gasteiger partial charge in [-0.15, -0.1) is 0 Å². The highest BCUT2D eigenvalue weighted by molar-refractivity contribution is 5.94. The van der Waals surface area contributed by atoms with Crippen molar-refractivity contribution in [2.45, 2.75) is 27.7 Å². The molecule has 0 saturated heterocycles. The maximum absolute atomic E-state index is 10.8. The quantitative estimate of drug-likeness (QED) is 0.754. The van der Waals surface area contributed by atoms with Crippen LogP contribution in [0.5, 0.6) is 11.5 Å². The van der Waals surface area contributed by atoms with E-state index in [0.717, 1.165) is 11.5 Å². The summed E-state index contributed by atoms with van der Waals surface area (Å²) < 4.78 is 9.88. The maximum Gasteiger partial charge on any atom is 0.159 e. The number of rotatable bonds is 4. The Morgan fingerprint density at radius 1 is 0.625 bits per heavy atom. The highest BCUT2D eigenvalue weighted by Gasteiger charge is 1.98. The van der Waals surface area contributed by atoms with Crippen molar-refractivity contribution in [3.63, 3.8) is 0 Å². The zero-order chi connectivity index (χ0) is 18.5. The summed E-state index contributed by atoms with van der Waals surface area (Å²) in [7, 11) is 3.20. The van der Waals surface area contributed by atoms with Gasteiger partial charge >= 0.3 is 0 Å². The van der Waals surface area contributed by atoms with Crippen LogP contribution in [-0.4, -0.2) is 25.8 Å². The molecule has 0 aromatic heterocycles. The minimum Gasteiger partial charge on any atom is -0.497 e. The summed E-state index contributed by atoms with van der Waals surface area (Å²) in [6.45, 7) is 7.09. The number of carbonyl (C=O) groups excluding carboxylic acids is 2. The van der Waals surface area contributed by atoms with Crippen molar-refractivity contribution in [1.29, 1.82) is 0 Å². The molecule has 0 N–H and O–H groups in total. The van der Waals surface area contributed by atoms with E-state index in [2.05, 4.69) is 0 Å². The average Bonchev–Trinajstić information content (AvgIpc) is 2.64. The molecular weight excluding hydrogens is 304 g/mol. The molecule has 0 amide bonds. The van der Waals surface area contributed by atoms with Crippen LogP contribution in [-0.2, 0) is 0 Å². The number of hydrogen-bond acceptors (Lipinski definition) is 4. The molecule has 0 aliphatic carbocycles. The van der Waals surface area contributed by atoms with Crippen LogP contribution in [0.3, 0.4) is 0 Å². The van der Waals surface area contributed by atoms with Gasteiger partial charge in [0.15, 0.2) is 11.6 Å². The van der Waals surface area contributed by atoms with Crippen LogP contribution >= 0.6 is 0 Å². The molecule has 0 bridgehead atoms. The molecule has 4 nitrogen and oxygen atoms in total. The molecule has 0 aliphatic heterocycles. The zero-order valence-corrected chi connectivity index (χ0v) is 15.3. The van der Waals surface area contributed by atoms with Crippen LogP contribution in [0.2, 0.25) is 0 Å². The first kappa shape index (κ1) is 21.4. The standard InChI is InChI=1S/2C9H10O2.C2H6/c2*1-7(10)8-3-5-9(11-2)6-4-8;1-2/h2*3-6H,1-2H3;1-2H3. The van der Waals surface area contributed by atoms with E-state index in [9.17, 15) is 9.59 Å². The molecule has 0 spiro atoms.